The number of hydrogen-bond acceptors (Lipinski definition) is 4. The number of ether oxygens (including phenoxy) is 2. The maximum atomic E-state index is 6.22. The Kier molecular flexibility index (Phi) is 4.65. The lowest BCUT2D eigenvalue weighted by Crippen LogP contribution is -2.56. The van der Waals surface area contributed by atoms with Crippen molar-refractivity contribution in [2.24, 2.45) is 5.73 Å². The summed E-state index contributed by atoms with van der Waals surface area (Å²) in [6, 6.07) is 0.799. The van der Waals surface area contributed by atoms with E-state index in [-0.39, 0.29) is 17.7 Å². The minimum Gasteiger partial charge on any atom is -0.375 e. The monoisotopic (exact) mass is 282 g/mol. The van der Waals surface area contributed by atoms with Crippen molar-refractivity contribution in [3.63, 3.8) is 0 Å². The van der Waals surface area contributed by atoms with Crippen LogP contribution in [-0.4, -0.2) is 55.0 Å². The van der Waals surface area contributed by atoms with Crippen LogP contribution in [0.2, 0.25) is 0 Å². The molecule has 0 aromatic carbocycles. The maximum absolute atomic E-state index is 6.22. The van der Waals surface area contributed by atoms with Crippen molar-refractivity contribution in [3.8, 4) is 0 Å². The second-order valence-electron chi connectivity index (χ2n) is 7.00. The molecule has 2 saturated heterocycles. The summed E-state index contributed by atoms with van der Waals surface area (Å²) in [6.45, 7) is 5.88. The van der Waals surface area contributed by atoms with Gasteiger partial charge < -0.3 is 15.2 Å². The highest BCUT2D eigenvalue weighted by atomic mass is 16.5. The maximum Gasteiger partial charge on any atom is 0.0850 e. The Morgan fingerprint density at radius 1 is 1.20 bits per heavy atom. The highest BCUT2D eigenvalue weighted by Gasteiger charge is 2.41. The molecule has 3 rings (SSSR count). The van der Waals surface area contributed by atoms with E-state index in [4.69, 9.17) is 15.2 Å². The molecule has 1 aliphatic carbocycles. The van der Waals surface area contributed by atoms with Crippen molar-refractivity contribution in [3.05, 3.63) is 0 Å². The van der Waals surface area contributed by atoms with E-state index in [1.54, 1.807) is 0 Å². The normalized spacial score (nSPS) is 36.9. The Morgan fingerprint density at radius 3 is 2.75 bits per heavy atom. The predicted octanol–water partition coefficient (Wildman–Crippen LogP) is 1.92. The molecule has 2 aliphatic heterocycles. The van der Waals surface area contributed by atoms with Crippen LogP contribution in [0.15, 0.2) is 0 Å². The highest BCUT2D eigenvalue weighted by Crippen LogP contribution is 2.40. The van der Waals surface area contributed by atoms with Gasteiger partial charge in [-0.25, -0.2) is 0 Å². The SMILES string of the molecule is CC(N)C1CN(C2CCOC3(CCCCC3)C2)CCO1. The average molecular weight is 282 g/mol. The Morgan fingerprint density at radius 2 is 2.00 bits per heavy atom. The van der Waals surface area contributed by atoms with Gasteiger partial charge in [0.05, 0.1) is 18.3 Å². The molecule has 3 aliphatic rings. The first-order valence-electron chi connectivity index (χ1n) is 8.44. The fourth-order valence-corrected chi connectivity index (χ4v) is 4.20. The summed E-state index contributed by atoms with van der Waals surface area (Å²) in [5.41, 5.74) is 6.22. The summed E-state index contributed by atoms with van der Waals surface area (Å²) in [6.07, 6.45) is 9.21. The molecular formula is C16H30N2O2. The standard InChI is InChI=1S/C16H30N2O2/c1-13(17)15-12-18(8-10-19-15)14-5-9-20-16(11-14)6-3-2-4-7-16/h13-15H,2-12,17H2,1H3. The van der Waals surface area contributed by atoms with Gasteiger partial charge in [-0.1, -0.05) is 19.3 Å². The van der Waals surface area contributed by atoms with Gasteiger partial charge in [0.1, 0.15) is 0 Å². The van der Waals surface area contributed by atoms with Crippen LogP contribution in [0.4, 0.5) is 0 Å². The molecule has 1 saturated carbocycles. The minimum absolute atomic E-state index is 0.126. The van der Waals surface area contributed by atoms with Gasteiger partial charge in [-0.15, -0.1) is 0 Å². The van der Waals surface area contributed by atoms with E-state index in [0.29, 0.717) is 6.04 Å². The first-order valence-corrected chi connectivity index (χ1v) is 8.44. The highest BCUT2D eigenvalue weighted by molar-refractivity contribution is 4.94. The number of hydrogen-bond donors (Lipinski definition) is 1. The third-order valence-electron chi connectivity index (χ3n) is 5.46. The molecule has 116 valence electrons. The molecule has 2 N–H and O–H groups in total. The lowest BCUT2D eigenvalue weighted by molar-refractivity contribution is -0.139. The molecule has 20 heavy (non-hydrogen) atoms. The van der Waals surface area contributed by atoms with Crippen LogP contribution >= 0.6 is 0 Å². The Balaban J connectivity index is 1.61. The molecule has 0 bridgehead atoms. The largest absolute Gasteiger partial charge is 0.375 e. The molecule has 3 fully saturated rings. The van der Waals surface area contributed by atoms with E-state index in [1.165, 1.54) is 44.9 Å². The van der Waals surface area contributed by atoms with E-state index in [1.807, 2.05) is 0 Å². The fourth-order valence-electron chi connectivity index (χ4n) is 4.20. The summed E-state index contributed by atoms with van der Waals surface area (Å²) in [4.78, 5) is 2.62. The van der Waals surface area contributed by atoms with Gasteiger partial charge in [-0.2, -0.15) is 0 Å². The molecule has 4 heteroatoms. The molecule has 0 radical (unpaired) electrons. The van der Waals surface area contributed by atoms with Gasteiger partial charge >= 0.3 is 0 Å². The van der Waals surface area contributed by atoms with Gasteiger partial charge in [-0.05, 0) is 32.6 Å². The second kappa shape index (κ2) is 6.30. The first kappa shape index (κ1) is 14.8. The molecule has 0 amide bonds. The van der Waals surface area contributed by atoms with Crippen LogP contribution in [0.5, 0.6) is 0 Å². The van der Waals surface area contributed by atoms with Crippen LogP contribution in [0.3, 0.4) is 0 Å². The van der Waals surface area contributed by atoms with Crippen molar-refractivity contribution in [1.82, 2.24) is 4.90 Å². The molecule has 3 atom stereocenters. The number of nitrogens with two attached hydrogens (primary N) is 1. The second-order valence-corrected chi connectivity index (χ2v) is 7.00. The van der Waals surface area contributed by atoms with Crippen LogP contribution in [0, 0.1) is 0 Å². The molecular weight excluding hydrogens is 252 g/mol. The van der Waals surface area contributed by atoms with E-state index in [0.717, 1.165) is 26.3 Å². The van der Waals surface area contributed by atoms with Gasteiger partial charge in [-0.3, -0.25) is 4.90 Å². The summed E-state index contributed by atoms with van der Waals surface area (Å²) in [5.74, 6) is 0. The molecule has 4 nitrogen and oxygen atoms in total. The van der Waals surface area contributed by atoms with Crippen LogP contribution in [0.25, 0.3) is 0 Å². The number of morpholine rings is 1. The van der Waals surface area contributed by atoms with Crippen molar-refractivity contribution >= 4 is 0 Å². The van der Waals surface area contributed by atoms with Crippen molar-refractivity contribution < 1.29 is 9.47 Å². The molecule has 0 aromatic rings. The zero-order valence-electron chi connectivity index (χ0n) is 12.9. The zero-order valence-corrected chi connectivity index (χ0v) is 12.9. The van der Waals surface area contributed by atoms with Gasteiger partial charge in [0.2, 0.25) is 0 Å². The lowest BCUT2D eigenvalue weighted by atomic mass is 9.78. The van der Waals surface area contributed by atoms with Gasteiger partial charge in [0, 0.05) is 31.8 Å². The Labute approximate surface area is 123 Å². The van der Waals surface area contributed by atoms with Gasteiger partial charge in [0.15, 0.2) is 0 Å². The molecule has 1 spiro atoms. The summed E-state index contributed by atoms with van der Waals surface area (Å²) < 4.78 is 12.0. The van der Waals surface area contributed by atoms with E-state index >= 15 is 0 Å². The number of rotatable bonds is 2. The van der Waals surface area contributed by atoms with E-state index < -0.39 is 0 Å². The van der Waals surface area contributed by atoms with E-state index in [2.05, 4.69) is 11.8 Å². The number of nitrogens with zero attached hydrogens (tertiary/aromatic N) is 1. The lowest BCUT2D eigenvalue weighted by Gasteiger charge is -2.48. The first-order chi connectivity index (χ1) is 9.69. The van der Waals surface area contributed by atoms with Crippen LogP contribution in [-0.2, 0) is 9.47 Å². The molecule has 2 heterocycles. The smallest absolute Gasteiger partial charge is 0.0850 e. The Bertz CT molecular complexity index is 310. The summed E-state index contributed by atoms with van der Waals surface area (Å²) in [7, 11) is 0. The van der Waals surface area contributed by atoms with Gasteiger partial charge in [0.25, 0.3) is 0 Å². The van der Waals surface area contributed by atoms with Crippen molar-refractivity contribution in [2.45, 2.75) is 75.7 Å². The van der Waals surface area contributed by atoms with Crippen LogP contribution < -0.4 is 5.73 Å². The topological polar surface area (TPSA) is 47.7 Å². The molecule has 0 aromatic heterocycles. The summed E-state index contributed by atoms with van der Waals surface area (Å²) in [5, 5.41) is 0. The zero-order chi connectivity index (χ0) is 14.0. The third-order valence-corrected chi connectivity index (χ3v) is 5.46. The third kappa shape index (κ3) is 3.19. The minimum atomic E-state index is 0.126. The quantitative estimate of drug-likeness (QED) is 0.840. The van der Waals surface area contributed by atoms with Crippen LogP contribution in [0.1, 0.15) is 51.9 Å². The predicted molar refractivity (Wildman–Crippen MR) is 79.8 cm³/mol. The Hall–Kier alpha value is -0.160. The molecule has 3 unspecified atom stereocenters. The summed E-state index contributed by atoms with van der Waals surface area (Å²) >= 11 is 0. The fraction of sp³-hybridized carbons (Fsp3) is 1.00. The van der Waals surface area contributed by atoms with E-state index in [9.17, 15) is 0 Å². The van der Waals surface area contributed by atoms with Crippen molar-refractivity contribution in [1.29, 1.82) is 0 Å². The van der Waals surface area contributed by atoms with Crippen molar-refractivity contribution in [2.75, 3.05) is 26.3 Å². The average Bonchev–Trinajstić information content (AvgIpc) is 2.48.